The summed E-state index contributed by atoms with van der Waals surface area (Å²) in [5, 5.41) is 4.57. The number of aromatic nitrogens is 1. The van der Waals surface area contributed by atoms with E-state index in [9.17, 15) is 0 Å². The number of nitrogens with two attached hydrogens (primary N) is 1. The van der Waals surface area contributed by atoms with Crippen molar-refractivity contribution in [3.8, 4) is 16.8 Å². The van der Waals surface area contributed by atoms with E-state index in [4.69, 9.17) is 20.1 Å². The minimum atomic E-state index is 0.414. The van der Waals surface area contributed by atoms with Crippen LogP contribution in [0.1, 0.15) is 16.7 Å². The second kappa shape index (κ2) is 12.4. The van der Waals surface area contributed by atoms with Crippen molar-refractivity contribution in [2.24, 2.45) is 15.7 Å². The Bertz CT molecular complexity index is 2720. The summed E-state index contributed by atoms with van der Waals surface area (Å²) in [4.78, 5) is 9.84. The first-order chi connectivity index (χ1) is 24.7. The molecule has 0 aliphatic carbocycles. The van der Waals surface area contributed by atoms with Crippen molar-refractivity contribution in [2.75, 3.05) is 0 Å². The maximum atomic E-state index is 6.47. The van der Waals surface area contributed by atoms with Gasteiger partial charge >= 0.3 is 0 Å². The van der Waals surface area contributed by atoms with Crippen molar-refractivity contribution in [1.82, 2.24) is 4.57 Å². The van der Waals surface area contributed by atoms with Crippen LogP contribution in [0.4, 0.5) is 0 Å². The Morgan fingerprint density at radius 3 is 1.96 bits per heavy atom. The molecule has 0 unspecified atom stereocenters. The molecule has 0 atom stereocenters. The van der Waals surface area contributed by atoms with Gasteiger partial charge in [-0.2, -0.15) is 0 Å². The Balaban J connectivity index is 1.14. The third-order valence-corrected chi connectivity index (χ3v) is 9.33. The molecule has 0 amide bonds. The fourth-order valence-electron chi connectivity index (χ4n) is 6.95. The van der Waals surface area contributed by atoms with E-state index in [2.05, 4.69) is 102 Å². The van der Waals surface area contributed by atoms with E-state index >= 15 is 0 Å². The van der Waals surface area contributed by atoms with Crippen LogP contribution in [0.3, 0.4) is 0 Å². The molecule has 7 aromatic carbocycles. The number of nitrogens with zero attached hydrogens (tertiary/aromatic N) is 3. The number of hydrogen-bond donors (Lipinski definition) is 1. The van der Waals surface area contributed by atoms with E-state index < -0.39 is 0 Å². The first kappa shape index (κ1) is 29.4. The van der Waals surface area contributed by atoms with Crippen LogP contribution in [-0.4, -0.2) is 16.2 Å². The number of furan rings is 1. The van der Waals surface area contributed by atoms with Crippen molar-refractivity contribution in [3.63, 3.8) is 0 Å². The van der Waals surface area contributed by atoms with Crippen LogP contribution >= 0.6 is 0 Å². The first-order valence-electron chi connectivity index (χ1n) is 16.7. The molecule has 9 aromatic rings. The smallest absolute Gasteiger partial charge is 0.157 e. The second-order valence-corrected chi connectivity index (χ2v) is 12.4. The maximum absolute atomic E-state index is 6.47. The van der Waals surface area contributed by atoms with Gasteiger partial charge in [-0.3, -0.25) is 4.99 Å². The van der Waals surface area contributed by atoms with Gasteiger partial charge in [0.1, 0.15) is 17.0 Å². The molecule has 0 aliphatic heterocycles. The van der Waals surface area contributed by atoms with Crippen LogP contribution in [0, 0.1) is 0 Å². The molecule has 0 fully saturated rings. The highest BCUT2D eigenvalue weighted by molar-refractivity contribution is 6.13. The molecule has 0 bridgehead atoms. The van der Waals surface area contributed by atoms with Gasteiger partial charge in [0.2, 0.25) is 0 Å². The van der Waals surface area contributed by atoms with Crippen molar-refractivity contribution in [3.05, 3.63) is 187 Å². The summed E-state index contributed by atoms with van der Waals surface area (Å²) in [6.07, 6.45) is 0. The van der Waals surface area contributed by atoms with Crippen LogP contribution in [0.5, 0.6) is 0 Å². The first-order valence-corrected chi connectivity index (χ1v) is 16.7. The average molecular weight is 645 g/mol. The lowest BCUT2D eigenvalue weighted by Crippen LogP contribution is -2.16. The quantitative estimate of drug-likeness (QED) is 0.145. The molecule has 2 N–H and O–H groups in total. The Morgan fingerprint density at radius 2 is 1.18 bits per heavy atom. The zero-order chi connectivity index (χ0) is 33.4. The predicted molar refractivity (Wildman–Crippen MR) is 207 cm³/mol. The number of para-hydroxylation sites is 2. The highest BCUT2D eigenvalue weighted by Crippen LogP contribution is 2.38. The summed E-state index contributed by atoms with van der Waals surface area (Å²) in [6.45, 7) is 0.414. The molecule has 5 heteroatoms. The van der Waals surface area contributed by atoms with Crippen LogP contribution in [0.2, 0.25) is 0 Å². The third-order valence-electron chi connectivity index (χ3n) is 9.33. The summed E-state index contributed by atoms with van der Waals surface area (Å²) in [5.41, 5.74) is 16.8. The molecule has 2 heterocycles. The molecule has 0 spiro atoms. The summed E-state index contributed by atoms with van der Waals surface area (Å²) in [6, 6.07) is 58.3. The van der Waals surface area contributed by atoms with E-state index in [-0.39, 0.29) is 0 Å². The fraction of sp³-hybridized carbons (Fsp3) is 0.0222. The normalized spacial score (nSPS) is 12.4. The molecule has 50 heavy (non-hydrogen) atoms. The zero-order valence-corrected chi connectivity index (χ0v) is 27.2. The van der Waals surface area contributed by atoms with Gasteiger partial charge in [-0.15, -0.1) is 0 Å². The molecular formula is C45H32N4O. The molecule has 238 valence electrons. The monoisotopic (exact) mass is 644 g/mol. The number of rotatable bonds is 6. The van der Waals surface area contributed by atoms with E-state index in [1.165, 1.54) is 21.8 Å². The predicted octanol–water partition coefficient (Wildman–Crippen LogP) is 10.7. The van der Waals surface area contributed by atoms with Gasteiger partial charge in [0, 0.05) is 38.4 Å². The summed E-state index contributed by atoms with van der Waals surface area (Å²) in [5.74, 6) is 1.01. The molecule has 5 nitrogen and oxygen atoms in total. The molecule has 9 rings (SSSR count). The minimum Gasteiger partial charge on any atom is -0.456 e. The van der Waals surface area contributed by atoms with Crippen LogP contribution in [-0.2, 0) is 6.54 Å². The molecular weight excluding hydrogens is 613 g/mol. The minimum absolute atomic E-state index is 0.414. The molecule has 0 saturated carbocycles. The molecule has 0 saturated heterocycles. The highest BCUT2D eigenvalue weighted by Gasteiger charge is 2.16. The summed E-state index contributed by atoms with van der Waals surface area (Å²) in [7, 11) is 0. The zero-order valence-electron chi connectivity index (χ0n) is 27.2. The van der Waals surface area contributed by atoms with Gasteiger partial charge in [-0.25, -0.2) is 4.99 Å². The lowest BCUT2D eigenvalue weighted by atomic mass is 9.99. The van der Waals surface area contributed by atoms with Gasteiger partial charge in [-0.05, 0) is 65.2 Å². The highest BCUT2D eigenvalue weighted by atomic mass is 16.3. The van der Waals surface area contributed by atoms with Crippen molar-refractivity contribution in [2.45, 2.75) is 6.54 Å². The summed E-state index contributed by atoms with van der Waals surface area (Å²) >= 11 is 0. The van der Waals surface area contributed by atoms with E-state index in [0.29, 0.717) is 18.2 Å². The van der Waals surface area contributed by atoms with Crippen molar-refractivity contribution in [1.29, 1.82) is 0 Å². The van der Waals surface area contributed by atoms with Crippen molar-refractivity contribution >= 4 is 55.4 Å². The molecule has 2 aromatic heterocycles. The SMILES string of the molecule is N/C(=N\C(=N/Cc1cccc2oc3ccc(-c4ccc5c(c4)c4ccccc4n5-c4ccccc4)cc3c12)c1ccccc1)c1ccccc1. The Kier molecular flexibility index (Phi) is 7.29. The van der Waals surface area contributed by atoms with Crippen molar-refractivity contribution < 1.29 is 4.42 Å². The largest absolute Gasteiger partial charge is 0.456 e. The number of hydrogen-bond acceptors (Lipinski definition) is 2. The van der Waals surface area contributed by atoms with E-state index in [0.717, 1.165) is 55.4 Å². The van der Waals surface area contributed by atoms with Gasteiger partial charge < -0.3 is 14.7 Å². The Morgan fingerprint density at radius 1 is 0.540 bits per heavy atom. The van der Waals surface area contributed by atoms with Gasteiger partial charge in [0.25, 0.3) is 0 Å². The fourth-order valence-corrected chi connectivity index (χ4v) is 6.95. The number of amidine groups is 2. The standard InChI is InChI=1S/C45H32N4O/c46-44(30-13-4-1-5-14-30)48-45(31-15-6-2-7-16-31)47-29-34-17-12-22-42-43(34)38-28-33(24-26-41(38)50-42)32-23-25-40-37(27-32)36-20-10-11-21-39(36)49(40)35-18-8-3-9-19-35/h1-28H,29H2,(H2,46,47,48). The van der Waals surface area contributed by atoms with Gasteiger partial charge in [0.15, 0.2) is 5.84 Å². The lowest BCUT2D eigenvalue weighted by molar-refractivity contribution is 0.668. The maximum Gasteiger partial charge on any atom is 0.157 e. The number of aliphatic imine (C=N–C) groups is 2. The Hall–Kier alpha value is -6.72. The number of fused-ring (bicyclic) bond motifs is 6. The van der Waals surface area contributed by atoms with Crippen LogP contribution in [0.25, 0.3) is 60.6 Å². The van der Waals surface area contributed by atoms with E-state index in [1.807, 2.05) is 72.8 Å². The lowest BCUT2D eigenvalue weighted by Gasteiger charge is -2.08. The summed E-state index contributed by atoms with van der Waals surface area (Å²) < 4.78 is 8.72. The topological polar surface area (TPSA) is 68.8 Å². The second-order valence-electron chi connectivity index (χ2n) is 12.4. The van der Waals surface area contributed by atoms with Gasteiger partial charge in [0.05, 0.1) is 17.6 Å². The van der Waals surface area contributed by atoms with Gasteiger partial charge in [-0.1, -0.05) is 121 Å². The van der Waals surface area contributed by atoms with Crippen LogP contribution in [0.15, 0.2) is 184 Å². The molecule has 0 aliphatic rings. The average Bonchev–Trinajstić information content (AvgIpc) is 3.73. The van der Waals surface area contributed by atoms with E-state index in [1.54, 1.807) is 0 Å². The molecule has 0 radical (unpaired) electrons. The third kappa shape index (κ3) is 5.22. The van der Waals surface area contributed by atoms with Crippen LogP contribution < -0.4 is 5.73 Å². The number of benzene rings is 7. The Labute approximate surface area is 289 Å².